The van der Waals surface area contributed by atoms with Gasteiger partial charge < -0.3 is 4.98 Å². The normalized spacial score (nSPS) is 13.4. The molecular formula is C20H25N3O2S. The molecule has 26 heavy (non-hydrogen) atoms. The van der Waals surface area contributed by atoms with Crippen LogP contribution in [-0.4, -0.2) is 26.0 Å². The van der Waals surface area contributed by atoms with E-state index in [1.54, 1.807) is 13.8 Å². The minimum atomic E-state index is -3.55. The number of H-pyrrole nitrogens is 1. The van der Waals surface area contributed by atoms with Gasteiger partial charge in [-0.2, -0.15) is 13.1 Å². The first-order valence-corrected chi connectivity index (χ1v) is 10.2. The molecule has 3 aromatic rings. The summed E-state index contributed by atoms with van der Waals surface area (Å²) in [5, 5.41) is 1.11. The van der Waals surface area contributed by atoms with Crippen molar-refractivity contribution >= 4 is 21.1 Å². The Morgan fingerprint density at radius 3 is 2.42 bits per heavy atom. The maximum absolute atomic E-state index is 12.2. The van der Waals surface area contributed by atoms with Crippen LogP contribution in [0.5, 0.6) is 0 Å². The number of para-hydroxylation sites is 1. The lowest BCUT2D eigenvalue weighted by Gasteiger charge is -2.19. The van der Waals surface area contributed by atoms with E-state index in [0.717, 1.165) is 22.0 Å². The molecular weight excluding hydrogens is 346 g/mol. The standard InChI is InChI=1S/C20H25N3O2S/c1-14(2)23-26(24,25)22-13-18(16-10-8-15(3)9-11-16)19-12-21-20-7-5-4-6-17(19)20/h4-12,14,18,21-23H,13H2,1-3H3. The van der Waals surface area contributed by atoms with Crippen LogP contribution in [0, 0.1) is 6.92 Å². The summed E-state index contributed by atoms with van der Waals surface area (Å²) in [7, 11) is -3.55. The van der Waals surface area contributed by atoms with Gasteiger partial charge in [0, 0.05) is 35.6 Å². The molecule has 3 N–H and O–H groups in total. The van der Waals surface area contributed by atoms with Crippen molar-refractivity contribution in [3.05, 3.63) is 71.4 Å². The molecule has 1 heterocycles. The second-order valence-corrected chi connectivity index (χ2v) is 8.41. The summed E-state index contributed by atoms with van der Waals surface area (Å²) >= 11 is 0. The predicted molar refractivity (Wildman–Crippen MR) is 107 cm³/mol. The van der Waals surface area contributed by atoms with Gasteiger partial charge in [0.15, 0.2) is 0 Å². The Balaban J connectivity index is 1.96. The first-order valence-electron chi connectivity index (χ1n) is 8.75. The Hall–Kier alpha value is -2.15. The third kappa shape index (κ3) is 4.33. The van der Waals surface area contributed by atoms with Gasteiger partial charge >= 0.3 is 0 Å². The maximum Gasteiger partial charge on any atom is 0.277 e. The minimum absolute atomic E-state index is 0.0875. The topological polar surface area (TPSA) is 74.0 Å². The Kier molecular flexibility index (Phi) is 5.46. The molecule has 3 rings (SSSR count). The highest BCUT2D eigenvalue weighted by Crippen LogP contribution is 2.30. The van der Waals surface area contributed by atoms with Crippen molar-refractivity contribution in [3.8, 4) is 0 Å². The van der Waals surface area contributed by atoms with Crippen molar-refractivity contribution in [2.75, 3.05) is 6.54 Å². The van der Waals surface area contributed by atoms with Gasteiger partial charge in [-0.3, -0.25) is 0 Å². The second-order valence-electron chi connectivity index (χ2n) is 6.88. The SMILES string of the molecule is Cc1ccc(C(CNS(=O)(=O)NC(C)C)c2c[nH]c3ccccc23)cc1. The number of aromatic amines is 1. The number of aromatic nitrogens is 1. The summed E-state index contributed by atoms with van der Waals surface area (Å²) in [6, 6.07) is 16.1. The van der Waals surface area contributed by atoms with E-state index in [0.29, 0.717) is 0 Å². The molecule has 1 atom stereocenters. The van der Waals surface area contributed by atoms with Crippen molar-refractivity contribution in [1.82, 2.24) is 14.4 Å². The highest BCUT2D eigenvalue weighted by atomic mass is 32.2. The number of rotatable bonds is 7. The lowest BCUT2D eigenvalue weighted by Crippen LogP contribution is -2.41. The van der Waals surface area contributed by atoms with Gasteiger partial charge in [0.05, 0.1) is 0 Å². The molecule has 5 nitrogen and oxygen atoms in total. The number of aryl methyl sites for hydroxylation is 1. The summed E-state index contributed by atoms with van der Waals surface area (Å²) in [5.74, 6) is -0.0875. The average molecular weight is 372 g/mol. The van der Waals surface area contributed by atoms with E-state index >= 15 is 0 Å². The molecule has 0 saturated carbocycles. The van der Waals surface area contributed by atoms with Crippen LogP contribution in [0.4, 0.5) is 0 Å². The van der Waals surface area contributed by atoms with E-state index in [1.807, 2.05) is 31.3 Å². The van der Waals surface area contributed by atoms with E-state index in [9.17, 15) is 8.42 Å². The van der Waals surface area contributed by atoms with E-state index in [4.69, 9.17) is 0 Å². The van der Waals surface area contributed by atoms with Crippen molar-refractivity contribution < 1.29 is 8.42 Å². The summed E-state index contributed by atoms with van der Waals surface area (Å²) < 4.78 is 29.7. The number of hydrogen-bond donors (Lipinski definition) is 3. The second kappa shape index (κ2) is 7.61. The molecule has 6 heteroatoms. The van der Waals surface area contributed by atoms with Crippen LogP contribution >= 0.6 is 0 Å². The molecule has 2 aromatic carbocycles. The van der Waals surface area contributed by atoms with Crippen molar-refractivity contribution in [3.63, 3.8) is 0 Å². The van der Waals surface area contributed by atoms with E-state index in [2.05, 4.69) is 44.8 Å². The molecule has 0 fully saturated rings. The molecule has 0 bridgehead atoms. The van der Waals surface area contributed by atoms with Crippen LogP contribution in [0.15, 0.2) is 54.7 Å². The molecule has 0 aliphatic heterocycles. The Morgan fingerprint density at radius 2 is 1.73 bits per heavy atom. The third-order valence-corrected chi connectivity index (χ3v) is 5.67. The molecule has 0 amide bonds. The Morgan fingerprint density at radius 1 is 1.04 bits per heavy atom. The first-order chi connectivity index (χ1) is 12.4. The molecule has 138 valence electrons. The van der Waals surface area contributed by atoms with Gasteiger partial charge in [-0.15, -0.1) is 0 Å². The summed E-state index contributed by atoms with van der Waals surface area (Å²) in [6.07, 6.45) is 1.97. The molecule has 0 radical (unpaired) electrons. The zero-order valence-corrected chi connectivity index (χ0v) is 16.1. The largest absolute Gasteiger partial charge is 0.361 e. The summed E-state index contributed by atoms with van der Waals surface area (Å²) in [6.45, 7) is 5.93. The monoisotopic (exact) mass is 371 g/mol. The molecule has 0 spiro atoms. The van der Waals surface area contributed by atoms with Crippen LogP contribution in [0.1, 0.15) is 36.5 Å². The fraction of sp³-hybridized carbons (Fsp3) is 0.300. The smallest absolute Gasteiger partial charge is 0.277 e. The van der Waals surface area contributed by atoms with Crippen LogP contribution < -0.4 is 9.44 Å². The number of fused-ring (bicyclic) bond motifs is 1. The number of benzene rings is 2. The Labute approximate surface area is 155 Å². The highest BCUT2D eigenvalue weighted by molar-refractivity contribution is 7.87. The molecule has 0 aliphatic rings. The van der Waals surface area contributed by atoms with Crippen LogP contribution in [0.2, 0.25) is 0 Å². The van der Waals surface area contributed by atoms with Crippen molar-refractivity contribution in [2.45, 2.75) is 32.7 Å². The van der Waals surface area contributed by atoms with Crippen LogP contribution in [0.25, 0.3) is 10.9 Å². The van der Waals surface area contributed by atoms with Gasteiger partial charge in [-0.1, -0.05) is 48.0 Å². The third-order valence-electron chi connectivity index (χ3n) is 4.34. The van der Waals surface area contributed by atoms with Crippen molar-refractivity contribution in [1.29, 1.82) is 0 Å². The van der Waals surface area contributed by atoms with E-state index in [-0.39, 0.29) is 18.5 Å². The molecule has 0 saturated heterocycles. The fourth-order valence-corrected chi connectivity index (χ4v) is 4.22. The first kappa shape index (κ1) is 18.6. The molecule has 1 unspecified atom stereocenters. The average Bonchev–Trinajstić information content (AvgIpc) is 2.99. The van der Waals surface area contributed by atoms with E-state index < -0.39 is 10.2 Å². The van der Waals surface area contributed by atoms with Crippen LogP contribution in [-0.2, 0) is 10.2 Å². The number of hydrogen-bond acceptors (Lipinski definition) is 2. The quantitative estimate of drug-likeness (QED) is 0.595. The lowest BCUT2D eigenvalue weighted by atomic mass is 9.90. The summed E-state index contributed by atoms with van der Waals surface area (Å²) in [5.41, 5.74) is 4.38. The van der Waals surface area contributed by atoms with E-state index in [1.165, 1.54) is 5.56 Å². The molecule has 0 aliphatic carbocycles. The lowest BCUT2D eigenvalue weighted by molar-refractivity contribution is 0.551. The molecule has 1 aromatic heterocycles. The Bertz CT molecular complexity index is 976. The van der Waals surface area contributed by atoms with Gasteiger partial charge in [0.25, 0.3) is 10.2 Å². The van der Waals surface area contributed by atoms with Crippen molar-refractivity contribution in [2.24, 2.45) is 0 Å². The highest BCUT2D eigenvalue weighted by Gasteiger charge is 2.21. The number of nitrogens with one attached hydrogen (secondary N) is 3. The maximum atomic E-state index is 12.2. The van der Waals surface area contributed by atoms with Gasteiger partial charge in [0.2, 0.25) is 0 Å². The van der Waals surface area contributed by atoms with Gasteiger partial charge in [0.1, 0.15) is 0 Å². The zero-order chi connectivity index (χ0) is 18.7. The zero-order valence-electron chi connectivity index (χ0n) is 15.3. The van der Waals surface area contributed by atoms with Gasteiger partial charge in [-0.25, -0.2) is 4.72 Å². The predicted octanol–water partition coefficient (Wildman–Crippen LogP) is 3.44. The minimum Gasteiger partial charge on any atom is -0.361 e. The van der Waals surface area contributed by atoms with Gasteiger partial charge in [-0.05, 0) is 38.0 Å². The summed E-state index contributed by atoms with van der Waals surface area (Å²) in [4.78, 5) is 3.29. The van der Waals surface area contributed by atoms with Crippen LogP contribution in [0.3, 0.4) is 0 Å². The fourth-order valence-electron chi connectivity index (χ4n) is 3.13.